The van der Waals surface area contributed by atoms with Crippen LogP contribution in [-0.4, -0.2) is 33.6 Å². The number of aliphatic hydroxyl groups is 1. The molecule has 2 heterocycles. The summed E-state index contributed by atoms with van der Waals surface area (Å²) in [5, 5.41) is 22.9. The van der Waals surface area contributed by atoms with E-state index in [0.717, 1.165) is 12.0 Å². The molecule has 4 aromatic carbocycles. The van der Waals surface area contributed by atoms with Crippen LogP contribution >= 0.6 is 23.1 Å². The Morgan fingerprint density at radius 1 is 0.978 bits per heavy atom. The Balaban J connectivity index is 1.36. The standard InChI is InChI=1S/C36H33N3O4S2/c1-22(2)18-19-43-28-12-7-10-26(20-28)31-30(32(40)25-16-14-23(3)15-17-25)33(41)34(42)39(31)35-37-38-36(45-35)44-21-27-11-6-9-24-8-4-5-13-29(24)27/h4-17,20,22,31,40H,18-19,21H2,1-3H3/b32-30+. The van der Waals surface area contributed by atoms with Crippen molar-refractivity contribution in [2.24, 2.45) is 5.92 Å². The normalized spacial score (nSPS) is 16.2. The van der Waals surface area contributed by atoms with Crippen LogP contribution in [0.4, 0.5) is 5.13 Å². The summed E-state index contributed by atoms with van der Waals surface area (Å²) < 4.78 is 6.69. The van der Waals surface area contributed by atoms with Crippen LogP contribution in [0.5, 0.6) is 5.75 Å². The number of nitrogens with zero attached hydrogens (tertiary/aromatic N) is 3. The zero-order chi connectivity index (χ0) is 31.5. The molecule has 1 unspecified atom stereocenters. The Bertz CT molecular complexity index is 1890. The Morgan fingerprint density at radius 2 is 1.73 bits per heavy atom. The number of carbonyl (C=O) groups is 2. The van der Waals surface area contributed by atoms with Crippen LogP contribution in [0.1, 0.15) is 48.6 Å². The molecule has 0 saturated carbocycles. The third kappa shape index (κ3) is 6.50. The molecule has 0 aliphatic carbocycles. The second kappa shape index (κ2) is 13.3. The van der Waals surface area contributed by atoms with Crippen LogP contribution in [0.25, 0.3) is 16.5 Å². The fourth-order valence-corrected chi connectivity index (χ4v) is 7.19. The minimum absolute atomic E-state index is 0.00309. The van der Waals surface area contributed by atoms with E-state index in [1.54, 1.807) is 12.1 Å². The smallest absolute Gasteiger partial charge is 0.301 e. The Kier molecular flexibility index (Phi) is 9.00. The number of ether oxygens (including phenoxy) is 1. The lowest BCUT2D eigenvalue weighted by Crippen LogP contribution is -2.29. The number of ketones is 1. The van der Waals surface area contributed by atoms with Crippen LogP contribution in [0, 0.1) is 12.8 Å². The molecule has 1 aliphatic heterocycles. The van der Waals surface area contributed by atoms with Gasteiger partial charge in [-0.15, -0.1) is 10.2 Å². The maximum absolute atomic E-state index is 13.7. The summed E-state index contributed by atoms with van der Waals surface area (Å²) >= 11 is 2.78. The number of thioether (sulfide) groups is 1. The first-order valence-corrected chi connectivity index (χ1v) is 16.6. The van der Waals surface area contributed by atoms with Gasteiger partial charge in [0.2, 0.25) is 5.13 Å². The summed E-state index contributed by atoms with van der Waals surface area (Å²) in [6.45, 7) is 6.75. The number of aliphatic hydroxyl groups excluding tert-OH is 1. The van der Waals surface area contributed by atoms with Crippen LogP contribution in [-0.2, 0) is 15.3 Å². The summed E-state index contributed by atoms with van der Waals surface area (Å²) in [5.41, 5.74) is 3.27. The van der Waals surface area contributed by atoms with E-state index in [9.17, 15) is 14.7 Å². The molecule has 1 N–H and O–H groups in total. The van der Waals surface area contributed by atoms with Crippen molar-refractivity contribution in [1.82, 2.24) is 10.2 Å². The maximum atomic E-state index is 13.7. The second-order valence-electron chi connectivity index (χ2n) is 11.4. The molecule has 0 spiro atoms. The molecule has 9 heteroatoms. The van der Waals surface area contributed by atoms with E-state index in [1.807, 2.05) is 61.5 Å². The Morgan fingerprint density at radius 3 is 2.53 bits per heavy atom. The van der Waals surface area contributed by atoms with Gasteiger partial charge in [-0.3, -0.25) is 14.5 Å². The predicted molar refractivity (Wildman–Crippen MR) is 181 cm³/mol. The Labute approximate surface area is 270 Å². The summed E-state index contributed by atoms with van der Waals surface area (Å²) in [4.78, 5) is 28.7. The van der Waals surface area contributed by atoms with E-state index in [2.05, 4.69) is 48.3 Å². The second-order valence-corrected chi connectivity index (χ2v) is 13.6. The fourth-order valence-electron chi connectivity index (χ4n) is 5.32. The van der Waals surface area contributed by atoms with E-state index in [-0.39, 0.29) is 16.5 Å². The highest BCUT2D eigenvalue weighted by atomic mass is 32.2. The van der Waals surface area contributed by atoms with E-state index < -0.39 is 17.7 Å². The third-order valence-electron chi connectivity index (χ3n) is 7.74. The zero-order valence-electron chi connectivity index (χ0n) is 25.3. The van der Waals surface area contributed by atoms with Gasteiger partial charge in [0.25, 0.3) is 5.78 Å². The molecule has 1 atom stereocenters. The first-order valence-electron chi connectivity index (χ1n) is 14.8. The number of aromatic nitrogens is 2. The molecular formula is C36H33N3O4S2. The van der Waals surface area contributed by atoms with Gasteiger partial charge in [-0.1, -0.05) is 121 Å². The van der Waals surface area contributed by atoms with Crippen molar-refractivity contribution in [1.29, 1.82) is 0 Å². The zero-order valence-corrected chi connectivity index (χ0v) is 26.9. The van der Waals surface area contributed by atoms with Crippen LogP contribution in [0.3, 0.4) is 0 Å². The lowest BCUT2D eigenvalue weighted by molar-refractivity contribution is -0.132. The van der Waals surface area contributed by atoms with Crippen molar-refractivity contribution in [3.05, 3.63) is 119 Å². The van der Waals surface area contributed by atoms with Crippen molar-refractivity contribution >= 4 is 56.5 Å². The molecule has 5 aromatic rings. The molecule has 228 valence electrons. The number of benzene rings is 4. The SMILES string of the molecule is Cc1ccc(/C(O)=C2\C(=O)C(=O)N(c3nnc(SCc4cccc5ccccc45)s3)C2c2cccc(OCCC(C)C)c2)cc1. The third-order valence-corrected chi connectivity index (χ3v) is 9.84. The molecular weight excluding hydrogens is 603 g/mol. The van der Waals surface area contributed by atoms with E-state index in [4.69, 9.17) is 4.74 Å². The average Bonchev–Trinajstić information content (AvgIpc) is 3.61. The number of rotatable bonds is 10. The van der Waals surface area contributed by atoms with Gasteiger partial charge in [0.15, 0.2) is 4.34 Å². The number of Topliss-reactive ketones (excluding diaryl/α,β-unsaturated/α-hetero) is 1. The molecule has 1 amide bonds. The van der Waals surface area contributed by atoms with Gasteiger partial charge in [0, 0.05) is 11.3 Å². The lowest BCUT2D eigenvalue weighted by atomic mass is 9.95. The summed E-state index contributed by atoms with van der Waals surface area (Å²) in [6, 6.07) is 28.1. The number of aryl methyl sites for hydroxylation is 1. The van der Waals surface area contributed by atoms with Crippen molar-refractivity contribution in [2.75, 3.05) is 11.5 Å². The summed E-state index contributed by atoms with van der Waals surface area (Å²) in [5.74, 6) is 0.00645. The number of hydrogen-bond acceptors (Lipinski definition) is 8. The van der Waals surface area contributed by atoms with Gasteiger partial charge in [-0.05, 0) is 53.3 Å². The topological polar surface area (TPSA) is 92.6 Å². The minimum Gasteiger partial charge on any atom is -0.507 e. The first kappa shape index (κ1) is 30.6. The number of hydrogen-bond donors (Lipinski definition) is 1. The summed E-state index contributed by atoms with van der Waals surface area (Å²) in [7, 11) is 0. The van der Waals surface area contributed by atoms with Crippen LogP contribution in [0.2, 0.25) is 0 Å². The molecule has 45 heavy (non-hydrogen) atoms. The van der Waals surface area contributed by atoms with Gasteiger partial charge in [-0.2, -0.15) is 0 Å². The predicted octanol–water partition coefficient (Wildman–Crippen LogP) is 8.34. The van der Waals surface area contributed by atoms with Crippen molar-refractivity contribution in [3.63, 3.8) is 0 Å². The molecule has 6 rings (SSSR count). The van der Waals surface area contributed by atoms with Gasteiger partial charge in [0.05, 0.1) is 18.2 Å². The monoisotopic (exact) mass is 635 g/mol. The fraction of sp³-hybridized carbons (Fsp3) is 0.222. The number of carbonyl (C=O) groups excluding carboxylic acids is 2. The maximum Gasteiger partial charge on any atom is 0.301 e. The first-order chi connectivity index (χ1) is 21.8. The largest absolute Gasteiger partial charge is 0.507 e. The van der Waals surface area contributed by atoms with Crippen molar-refractivity contribution < 1.29 is 19.4 Å². The van der Waals surface area contributed by atoms with Crippen molar-refractivity contribution in [3.8, 4) is 5.75 Å². The van der Waals surface area contributed by atoms with Gasteiger partial charge < -0.3 is 9.84 Å². The minimum atomic E-state index is -0.913. The molecule has 1 aromatic heterocycles. The van der Waals surface area contributed by atoms with Crippen molar-refractivity contribution in [2.45, 2.75) is 43.3 Å². The number of anilines is 1. The molecule has 0 bridgehead atoms. The van der Waals surface area contributed by atoms with Crippen LogP contribution in [0.15, 0.2) is 101 Å². The lowest BCUT2D eigenvalue weighted by Gasteiger charge is -2.23. The summed E-state index contributed by atoms with van der Waals surface area (Å²) in [6.07, 6.45) is 0.889. The molecule has 1 aliphatic rings. The van der Waals surface area contributed by atoms with E-state index in [1.165, 1.54) is 44.3 Å². The Hall–Kier alpha value is -4.47. The number of fused-ring (bicyclic) bond motifs is 1. The quantitative estimate of drug-likeness (QED) is 0.0542. The highest BCUT2D eigenvalue weighted by Crippen LogP contribution is 2.44. The molecule has 0 radical (unpaired) electrons. The van der Waals surface area contributed by atoms with E-state index >= 15 is 0 Å². The number of amides is 1. The highest BCUT2D eigenvalue weighted by molar-refractivity contribution is 8.00. The highest BCUT2D eigenvalue weighted by Gasteiger charge is 2.48. The molecule has 1 saturated heterocycles. The van der Waals surface area contributed by atoms with Gasteiger partial charge in [-0.25, -0.2) is 0 Å². The van der Waals surface area contributed by atoms with Gasteiger partial charge in [0.1, 0.15) is 11.5 Å². The van der Waals surface area contributed by atoms with Crippen LogP contribution < -0.4 is 9.64 Å². The average molecular weight is 636 g/mol. The molecule has 1 fully saturated rings. The van der Waals surface area contributed by atoms with E-state index in [0.29, 0.717) is 39.5 Å². The van der Waals surface area contributed by atoms with Gasteiger partial charge >= 0.3 is 5.91 Å². The molecule has 7 nitrogen and oxygen atoms in total.